The van der Waals surface area contributed by atoms with E-state index < -0.39 is 16.5 Å². The molecule has 0 spiro atoms. The van der Waals surface area contributed by atoms with Crippen LogP contribution in [-0.4, -0.2) is 0 Å². The number of rotatable bonds is 1. The second kappa shape index (κ2) is 3.37. The molecule has 4 heteroatoms. The minimum Gasteiger partial charge on any atom is -0.206 e. The Kier molecular flexibility index (Phi) is 2.68. The van der Waals surface area contributed by atoms with Crippen LogP contribution in [0.5, 0.6) is 0 Å². The standard InChI is InChI=1S/C7H4Cl2F2/c8-7(9)6-4(10)2-1-3-5(6)11/h1-3,7H. The van der Waals surface area contributed by atoms with Crippen LogP contribution >= 0.6 is 23.2 Å². The highest BCUT2D eigenvalue weighted by atomic mass is 35.5. The van der Waals surface area contributed by atoms with Gasteiger partial charge in [-0.2, -0.15) is 0 Å². The molecule has 1 rings (SSSR count). The van der Waals surface area contributed by atoms with Gasteiger partial charge in [-0.25, -0.2) is 8.78 Å². The van der Waals surface area contributed by atoms with Gasteiger partial charge in [0.15, 0.2) is 0 Å². The van der Waals surface area contributed by atoms with Crippen molar-refractivity contribution in [3.05, 3.63) is 35.4 Å². The van der Waals surface area contributed by atoms with Gasteiger partial charge in [0.1, 0.15) is 16.5 Å². The first-order valence-electron chi connectivity index (χ1n) is 2.85. The molecule has 0 aromatic heterocycles. The molecule has 0 aliphatic carbocycles. The second-order valence-electron chi connectivity index (χ2n) is 1.94. The van der Waals surface area contributed by atoms with Gasteiger partial charge in [-0.15, -0.1) is 0 Å². The monoisotopic (exact) mass is 196 g/mol. The highest BCUT2D eigenvalue weighted by molar-refractivity contribution is 6.44. The smallest absolute Gasteiger partial charge is 0.138 e. The molecule has 0 aliphatic rings. The first-order chi connectivity index (χ1) is 5.13. The molecule has 1 aromatic carbocycles. The van der Waals surface area contributed by atoms with Crippen LogP contribution < -0.4 is 0 Å². The summed E-state index contributed by atoms with van der Waals surface area (Å²) in [6.07, 6.45) is 0. The number of hydrogen-bond acceptors (Lipinski definition) is 0. The second-order valence-corrected chi connectivity index (χ2v) is 3.03. The van der Waals surface area contributed by atoms with Crippen molar-refractivity contribution in [1.29, 1.82) is 0 Å². The normalized spacial score (nSPS) is 10.6. The van der Waals surface area contributed by atoms with E-state index in [9.17, 15) is 8.78 Å². The summed E-state index contributed by atoms with van der Waals surface area (Å²) in [4.78, 5) is -1.16. The third-order valence-electron chi connectivity index (χ3n) is 1.22. The van der Waals surface area contributed by atoms with Gasteiger partial charge >= 0.3 is 0 Å². The topological polar surface area (TPSA) is 0 Å². The van der Waals surface area contributed by atoms with Gasteiger partial charge in [-0.3, -0.25) is 0 Å². The fraction of sp³-hybridized carbons (Fsp3) is 0.143. The first-order valence-corrected chi connectivity index (χ1v) is 3.72. The summed E-state index contributed by atoms with van der Waals surface area (Å²) in [5.41, 5.74) is -0.296. The molecule has 11 heavy (non-hydrogen) atoms. The number of halogens is 4. The predicted molar refractivity (Wildman–Crippen MR) is 40.8 cm³/mol. The lowest BCUT2D eigenvalue weighted by molar-refractivity contribution is 0.564. The Hall–Kier alpha value is -0.340. The van der Waals surface area contributed by atoms with Crippen molar-refractivity contribution in [2.75, 3.05) is 0 Å². The molecule has 0 radical (unpaired) electrons. The summed E-state index contributed by atoms with van der Waals surface area (Å²) < 4.78 is 25.4. The summed E-state index contributed by atoms with van der Waals surface area (Å²) in [5.74, 6) is -1.44. The van der Waals surface area contributed by atoms with Crippen LogP contribution in [0.2, 0.25) is 0 Å². The van der Waals surface area contributed by atoms with Crippen molar-refractivity contribution in [2.24, 2.45) is 0 Å². The van der Waals surface area contributed by atoms with Crippen LogP contribution in [0.15, 0.2) is 18.2 Å². The molecule has 0 nitrogen and oxygen atoms in total. The Morgan fingerprint density at radius 3 is 1.82 bits per heavy atom. The molecule has 0 saturated carbocycles. The molecule has 1 aromatic rings. The molecular formula is C7H4Cl2F2. The summed E-state index contributed by atoms with van der Waals surface area (Å²) in [6.45, 7) is 0. The van der Waals surface area contributed by atoms with Gasteiger partial charge in [0.2, 0.25) is 0 Å². The van der Waals surface area contributed by atoms with E-state index >= 15 is 0 Å². The molecule has 0 amide bonds. The maximum atomic E-state index is 12.7. The van der Waals surface area contributed by atoms with Crippen molar-refractivity contribution in [2.45, 2.75) is 4.84 Å². The van der Waals surface area contributed by atoms with Gasteiger partial charge in [0.05, 0.1) is 5.56 Å². The van der Waals surface area contributed by atoms with E-state index in [0.717, 1.165) is 12.1 Å². The summed E-state index contributed by atoms with van der Waals surface area (Å²) in [5, 5.41) is 0. The largest absolute Gasteiger partial charge is 0.206 e. The maximum absolute atomic E-state index is 12.7. The molecule has 0 bridgehead atoms. The van der Waals surface area contributed by atoms with E-state index in [2.05, 4.69) is 0 Å². The molecular weight excluding hydrogens is 193 g/mol. The number of alkyl halides is 2. The van der Waals surface area contributed by atoms with Gasteiger partial charge in [0, 0.05) is 0 Å². The quantitative estimate of drug-likeness (QED) is 0.605. The average molecular weight is 197 g/mol. The molecule has 0 saturated heterocycles. The van der Waals surface area contributed by atoms with Crippen molar-refractivity contribution < 1.29 is 8.78 Å². The summed E-state index contributed by atoms with van der Waals surface area (Å²) in [7, 11) is 0. The lowest BCUT2D eigenvalue weighted by Crippen LogP contribution is -1.93. The van der Waals surface area contributed by atoms with Crippen molar-refractivity contribution >= 4 is 23.2 Å². The zero-order valence-electron chi connectivity index (χ0n) is 5.32. The van der Waals surface area contributed by atoms with Crippen molar-refractivity contribution in [1.82, 2.24) is 0 Å². The fourth-order valence-electron chi connectivity index (χ4n) is 0.719. The molecule has 0 heterocycles. The minimum absolute atomic E-state index is 0.296. The molecule has 0 fully saturated rings. The van der Waals surface area contributed by atoms with E-state index in [1.165, 1.54) is 6.07 Å². The predicted octanol–water partition coefficient (Wildman–Crippen LogP) is 3.44. The Labute approximate surface area is 72.7 Å². The van der Waals surface area contributed by atoms with Gasteiger partial charge < -0.3 is 0 Å². The van der Waals surface area contributed by atoms with Crippen LogP contribution in [0.3, 0.4) is 0 Å². The Morgan fingerprint density at radius 1 is 1.09 bits per heavy atom. The highest BCUT2D eigenvalue weighted by Gasteiger charge is 2.14. The van der Waals surface area contributed by atoms with Crippen LogP contribution in [0, 0.1) is 11.6 Å². The van der Waals surface area contributed by atoms with Gasteiger partial charge in [0.25, 0.3) is 0 Å². The van der Waals surface area contributed by atoms with E-state index in [1.807, 2.05) is 0 Å². The third kappa shape index (κ3) is 1.82. The van der Waals surface area contributed by atoms with Crippen LogP contribution in [0.4, 0.5) is 8.78 Å². The van der Waals surface area contributed by atoms with Crippen LogP contribution in [0.1, 0.15) is 10.4 Å². The SMILES string of the molecule is Fc1cccc(F)c1C(Cl)Cl. The van der Waals surface area contributed by atoms with Crippen LogP contribution in [-0.2, 0) is 0 Å². The lowest BCUT2D eigenvalue weighted by Gasteiger charge is -2.03. The van der Waals surface area contributed by atoms with Crippen molar-refractivity contribution in [3.8, 4) is 0 Å². The highest BCUT2D eigenvalue weighted by Crippen LogP contribution is 2.28. The fourth-order valence-corrected chi connectivity index (χ4v) is 1.14. The Bertz CT molecular complexity index is 240. The molecule has 0 N–H and O–H groups in total. The van der Waals surface area contributed by atoms with Gasteiger partial charge in [-0.05, 0) is 12.1 Å². The maximum Gasteiger partial charge on any atom is 0.138 e. The van der Waals surface area contributed by atoms with E-state index in [1.54, 1.807) is 0 Å². The first kappa shape index (κ1) is 8.75. The lowest BCUT2D eigenvalue weighted by atomic mass is 10.2. The molecule has 0 aliphatic heterocycles. The average Bonchev–Trinajstić information content (AvgIpc) is 1.85. The number of hydrogen-bond donors (Lipinski definition) is 0. The minimum atomic E-state index is -1.16. The molecule has 0 unspecified atom stereocenters. The van der Waals surface area contributed by atoms with Crippen LogP contribution in [0.25, 0.3) is 0 Å². The summed E-state index contributed by atoms with van der Waals surface area (Å²) >= 11 is 10.6. The molecule has 60 valence electrons. The Balaban J connectivity index is 3.21. The van der Waals surface area contributed by atoms with E-state index in [-0.39, 0.29) is 5.56 Å². The zero-order chi connectivity index (χ0) is 8.43. The third-order valence-corrected chi connectivity index (χ3v) is 1.65. The van der Waals surface area contributed by atoms with Crippen molar-refractivity contribution in [3.63, 3.8) is 0 Å². The summed E-state index contributed by atoms with van der Waals surface area (Å²) in [6, 6.07) is 3.47. The number of benzene rings is 1. The molecule has 0 atom stereocenters. The Morgan fingerprint density at radius 2 is 1.55 bits per heavy atom. The zero-order valence-corrected chi connectivity index (χ0v) is 6.83. The van der Waals surface area contributed by atoms with Gasteiger partial charge in [-0.1, -0.05) is 29.3 Å². The van der Waals surface area contributed by atoms with E-state index in [4.69, 9.17) is 23.2 Å². The van der Waals surface area contributed by atoms with E-state index in [0.29, 0.717) is 0 Å².